The highest BCUT2D eigenvalue weighted by atomic mass is 16.5. The number of nitrogens with zero attached hydrogens (tertiary/aromatic N) is 1. The molecule has 1 fully saturated rings. The molecule has 112 valence electrons. The standard InChI is InChI=1S/C17H27NO2/c1-13-8-14(2)10-16(9-13)17(19)11-18(3)6-7-20-12-15-4-5-15/h8-10,15,17,19H,4-7,11-12H2,1-3H3. The summed E-state index contributed by atoms with van der Waals surface area (Å²) in [5, 5.41) is 10.3. The van der Waals surface area contributed by atoms with Gasteiger partial charge in [0.25, 0.3) is 0 Å². The Balaban J connectivity index is 1.72. The lowest BCUT2D eigenvalue weighted by atomic mass is 10.0. The van der Waals surface area contributed by atoms with Crippen LogP contribution in [-0.2, 0) is 4.74 Å². The Morgan fingerprint density at radius 1 is 1.25 bits per heavy atom. The molecule has 1 aliphatic rings. The fraction of sp³-hybridized carbons (Fsp3) is 0.647. The van der Waals surface area contributed by atoms with Gasteiger partial charge in [-0.15, -0.1) is 0 Å². The Morgan fingerprint density at radius 2 is 1.90 bits per heavy atom. The van der Waals surface area contributed by atoms with E-state index in [1.807, 2.05) is 7.05 Å². The van der Waals surface area contributed by atoms with E-state index in [-0.39, 0.29) is 0 Å². The van der Waals surface area contributed by atoms with Crippen molar-refractivity contribution >= 4 is 0 Å². The normalized spacial score (nSPS) is 16.6. The number of hydrogen-bond donors (Lipinski definition) is 1. The average molecular weight is 277 g/mol. The number of aliphatic hydroxyl groups is 1. The number of benzene rings is 1. The van der Waals surface area contributed by atoms with E-state index >= 15 is 0 Å². The van der Waals surface area contributed by atoms with Crippen molar-refractivity contribution < 1.29 is 9.84 Å². The van der Waals surface area contributed by atoms with Crippen LogP contribution in [0.5, 0.6) is 0 Å². The van der Waals surface area contributed by atoms with E-state index in [2.05, 4.69) is 36.9 Å². The molecule has 0 radical (unpaired) electrons. The molecular formula is C17H27NO2. The van der Waals surface area contributed by atoms with Crippen LogP contribution in [-0.4, -0.2) is 43.4 Å². The van der Waals surface area contributed by atoms with Crippen LogP contribution < -0.4 is 0 Å². The van der Waals surface area contributed by atoms with Crippen LogP contribution >= 0.6 is 0 Å². The van der Waals surface area contributed by atoms with Crippen LogP contribution in [0.1, 0.15) is 35.6 Å². The lowest BCUT2D eigenvalue weighted by molar-refractivity contribution is 0.0794. The van der Waals surface area contributed by atoms with Crippen LogP contribution in [0, 0.1) is 19.8 Å². The summed E-state index contributed by atoms with van der Waals surface area (Å²) in [5.41, 5.74) is 3.41. The first kappa shape index (κ1) is 15.5. The van der Waals surface area contributed by atoms with Crippen molar-refractivity contribution in [3.05, 3.63) is 34.9 Å². The smallest absolute Gasteiger partial charge is 0.0917 e. The van der Waals surface area contributed by atoms with Crippen LogP contribution in [0.15, 0.2) is 18.2 Å². The maximum absolute atomic E-state index is 10.3. The lowest BCUT2D eigenvalue weighted by Crippen LogP contribution is -2.28. The Hall–Kier alpha value is -0.900. The molecule has 1 N–H and O–H groups in total. The summed E-state index contributed by atoms with van der Waals surface area (Å²) in [6.07, 6.45) is 2.24. The van der Waals surface area contributed by atoms with Crippen molar-refractivity contribution in [2.75, 3.05) is 33.4 Å². The maximum atomic E-state index is 10.3. The Morgan fingerprint density at radius 3 is 2.50 bits per heavy atom. The predicted molar refractivity (Wildman–Crippen MR) is 81.9 cm³/mol. The van der Waals surface area contributed by atoms with Crippen LogP contribution in [0.25, 0.3) is 0 Å². The highest BCUT2D eigenvalue weighted by Gasteiger charge is 2.21. The highest BCUT2D eigenvalue weighted by molar-refractivity contribution is 5.30. The first-order valence-electron chi connectivity index (χ1n) is 7.57. The highest BCUT2D eigenvalue weighted by Crippen LogP contribution is 2.28. The van der Waals surface area contributed by atoms with Gasteiger partial charge in [0, 0.05) is 19.7 Å². The van der Waals surface area contributed by atoms with Crippen molar-refractivity contribution in [1.29, 1.82) is 0 Å². The van der Waals surface area contributed by atoms with Gasteiger partial charge in [-0.2, -0.15) is 0 Å². The lowest BCUT2D eigenvalue weighted by Gasteiger charge is -2.21. The van der Waals surface area contributed by atoms with Gasteiger partial charge in [0.05, 0.1) is 12.7 Å². The Kier molecular flexibility index (Phi) is 5.58. The topological polar surface area (TPSA) is 32.7 Å². The van der Waals surface area contributed by atoms with Gasteiger partial charge in [0.1, 0.15) is 0 Å². The van der Waals surface area contributed by atoms with Crippen molar-refractivity contribution in [3.8, 4) is 0 Å². The van der Waals surface area contributed by atoms with E-state index in [1.165, 1.54) is 24.0 Å². The van der Waals surface area contributed by atoms with Crippen molar-refractivity contribution in [2.24, 2.45) is 5.92 Å². The van der Waals surface area contributed by atoms with Gasteiger partial charge in [-0.1, -0.05) is 29.3 Å². The first-order valence-corrected chi connectivity index (χ1v) is 7.57. The molecule has 0 heterocycles. The number of aryl methyl sites for hydroxylation is 2. The second kappa shape index (κ2) is 7.21. The molecule has 1 aliphatic carbocycles. The van der Waals surface area contributed by atoms with Gasteiger partial charge in [0.2, 0.25) is 0 Å². The predicted octanol–water partition coefficient (Wildman–Crippen LogP) is 2.70. The molecule has 3 heteroatoms. The summed E-state index contributed by atoms with van der Waals surface area (Å²) in [6.45, 7) is 7.32. The van der Waals surface area contributed by atoms with Crippen LogP contribution in [0.4, 0.5) is 0 Å². The molecule has 0 aromatic heterocycles. The number of likely N-dealkylation sites (N-methyl/N-ethyl adjacent to an activating group) is 1. The molecule has 3 nitrogen and oxygen atoms in total. The van der Waals surface area contributed by atoms with Crippen molar-refractivity contribution in [1.82, 2.24) is 4.90 Å². The largest absolute Gasteiger partial charge is 0.387 e. The monoisotopic (exact) mass is 277 g/mol. The second-order valence-electron chi connectivity index (χ2n) is 6.22. The number of hydrogen-bond acceptors (Lipinski definition) is 3. The third-order valence-corrected chi connectivity index (χ3v) is 3.78. The molecular weight excluding hydrogens is 250 g/mol. The first-order chi connectivity index (χ1) is 9.54. The van der Waals surface area contributed by atoms with Gasteiger partial charge < -0.3 is 14.7 Å². The van der Waals surface area contributed by atoms with Crippen molar-refractivity contribution in [3.63, 3.8) is 0 Å². The molecule has 0 amide bonds. The molecule has 2 rings (SSSR count). The van der Waals surface area contributed by atoms with Crippen LogP contribution in [0.2, 0.25) is 0 Å². The quantitative estimate of drug-likeness (QED) is 0.742. The molecule has 1 atom stereocenters. The van der Waals surface area contributed by atoms with E-state index < -0.39 is 6.10 Å². The van der Waals surface area contributed by atoms with Crippen molar-refractivity contribution in [2.45, 2.75) is 32.8 Å². The van der Waals surface area contributed by atoms with E-state index in [4.69, 9.17) is 4.74 Å². The molecule has 20 heavy (non-hydrogen) atoms. The van der Waals surface area contributed by atoms with E-state index in [0.717, 1.165) is 31.2 Å². The third-order valence-electron chi connectivity index (χ3n) is 3.78. The van der Waals surface area contributed by atoms with Gasteiger partial charge in [-0.3, -0.25) is 0 Å². The number of ether oxygens (including phenoxy) is 1. The molecule has 0 saturated heterocycles. The minimum Gasteiger partial charge on any atom is -0.387 e. The zero-order valence-corrected chi connectivity index (χ0v) is 12.9. The Labute approximate surface area is 122 Å². The fourth-order valence-electron chi connectivity index (χ4n) is 2.45. The minimum atomic E-state index is -0.429. The zero-order valence-electron chi connectivity index (χ0n) is 12.9. The minimum absolute atomic E-state index is 0.429. The van der Waals surface area contributed by atoms with Gasteiger partial charge in [-0.25, -0.2) is 0 Å². The zero-order chi connectivity index (χ0) is 14.5. The molecule has 1 aromatic rings. The van der Waals surface area contributed by atoms with Gasteiger partial charge >= 0.3 is 0 Å². The summed E-state index contributed by atoms with van der Waals surface area (Å²) < 4.78 is 5.63. The molecule has 1 saturated carbocycles. The van der Waals surface area contributed by atoms with E-state index in [9.17, 15) is 5.11 Å². The molecule has 0 spiro atoms. The van der Waals surface area contributed by atoms with Crippen LogP contribution in [0.3, 0.4) is 0 Å². The molecule has 0 bridgehead atoms. The van der Waals surface area contributed by atoms with E-state index in [1.54, 1.807) is 0 Å². The maximum Gasteiger partial charge on any atom is 0.0917 e. The summed E-state index contributed by atoms with van der Waals surface area (Å²) in [7, 11) is 2.03. The van der Waals surface area contributed by atoms with E-state index in [0.29, 0.717) is 6.54 Å². The number of rotatable bonds is 8. The SMILES string of the molecule is Cc1cc(C)cc(C(O)CN(C)CCOCC2CC2)c1. The third kappa shape index (κ3) is 5.23. The van der Waals surface area contributed by atoms with Gasteiger partial charge in [-0.05, 0) is 45.2 Å². The Bertz CT molecular complexity index is 409. The summed E-state index contributed by atoms with van der Waals surface area (Å²) in [6, 6.07) is 6.26. The summed E-state index contributed by atoms with van der Waals surface area (Å²) in [4.78, 5) is 2.13. The second-order valence-corrected chi connectivity index (χ2v) is 6.22. The van der Waals surface area contributed by atoms with Gasteiger partial charge in [0.15, 0.2) is 0 Å². The molecule has 1 aromatic carbocycles. The summed E-state index contributed by atoms with van der Waals surface area (Å²) >= 11 is 0. The summed E-state index contributed by atoms with van der Waals surface area (Å²) in [5.74, 6) is 0.821. The fourth-order valence-corrected chi connectivity index (χ4v) is 2.45. The number of aliphatic hydroxyl groups excluding tert-OH is 1. The molecule has 0 aliphatic heterocycles. The average Bonchev–Trinajstić information content (AvgIpc) is 3.17. The molecule has 1 unspecified atom stereocenters.